The molecule has 0 saturated heterocycles. The highest BCUT2D eigenvalue weighted by Crippen LogP contribution is 2.01. The molecule has 0 aliphatic heterocycles. The van der Waals surface area contributed by atoms with Crippen molar-refractivity contribution in [3.63, 3.8) is 0 Å². The van der Waals surface area contributed by atoms with Crippen molar-refractivity contribution in [2.75, 3.05) is 0 Å². The van der Waals surface area contributed by atoms with Gasteiger partial charge in [-0.2, -0.15) is 0 Å². The molecule has 0 heterocycles. The van der Waals surface area contributed by atoms with E-state index < -0.39 is 54.6 Å². The van der Waals surface area contributed by atoms with Gasteiger partial charge in [0.2, 0.25) is 11.8 Å². The Bertz CT molecular complexity index is 432. The molecule has 118 valence electrons. The summed E-state index contributed by atoms with van der Waals surface area (Å²) in [5.74, 6) is -5.72. The number of carboxylic acids is 3. The summed E-state index contributed by atoms with van der Waals surface area (Å²) in [6.07, 6.45) is -1.58. The standard InChI is InChI=1S/C11H16N2O8/c1-5(14)12-7(4-9(17)18)10(19)13-6(11(20)21)2-3-8(15)16/h6-7H,2-4H2,1H3,(H,12,14)(H,13,19)(H,15,16)(H,17,18)(H,20,21)/t6-,7-/m0/s1/i7+2. The lowest BCUT2D eigenvalue weighted by molar-refractivity contribution is -0.144. The van der Waals surface area contributed by atoms with Crippen molar-refractivity contribution in [1.82, 2.24) is 10.6 Å². The normalized spacial score (nSPS) is 12.8. The Morgan fingerprint density at radius 3 is 2.00 bits per heavy atom. The second-order valence-electron chi connectivity index (χ2n) is 4.18. The zero-order valence-corrected chi connectivity index (χ0v) is 11.2. The fraction of sp³-hybridized carbons (Fsp3) is 0.545. The molecule has 0 aromatic carbocycles. The minimum atomic E-state index is -1.49. The van der Waals surface area contributed by atoms with Crippen LogP contribution in [-0.2, 0) is 24.0 Å². The molecule has 0 aromatic heterocycles. The van der Waals surface area contributed by atoms with Crippen LogP contribution in [0.2, 0.25) is 0 Å². The van der Waals surface area contributed by atoms with Crippen molar-refractivity contribution >= 4 is 29.7 Å². The van der Waals surface area contributed by atoms with E-state index in [2.05, 4.69) is 5.32 Å². The van der Waals surface area contributed by atoms with Crippen molar-refractivity contribution in [2.45, 2.75) is 38.3 Å². The molecule has 5 N–H and O–H groups in total. The van der Waals surface area contributed by atoms with Gasteiger partial charge >= 0.3 is 17.9 Å². The van der Waals surface area contributed by atoms with Crippen LogP contribution in [-0.4, -0.2) is 57.1 Å². The van der Waals surface area contributed by atoms with Gasteiger partial charge in [0.25, 0.3) is 0 Å². The summed E-state index contributed by atoms with van der Waals surface area (Å²) in [5, 5.41) is 30.1. The number of carbonyl (C=O) groups is 5. The molecule has 0 aromatic rings. The smallest absolute Gasteiger partial charge is 0.326 e. The largest absolute Gasteiger partial charge is 0.481 e. The fourth-order valence-corrected chi connectivity index (χ4v) is 1.43. The maximum Gasteiger partial charge on any atom is 0.326 e. The molecule has 21 heavy (non-hydrogen) atoms. The molecule has 0 rings (SSSR count). The monoisotopic (exact) mass is 306 g/mol. The van der Waals surface area contributed by atoms with E-state index in [4.69, 9.17) is 15.3 Å². The third-order valence-electron chi connectivity index (χ3n) is 2.33. The van der Waals surface area contributed by atoms with Crippen LogP contribution >= 0.6 is 0 Å². The van der Waals surface area contributed by atoms with Gasteiger partial charge < -0.3 is 26.0 Å². The van der Waals surface area contributed by atoms with Crippen molar-refractivity contribution in [3.8, 4) is 0 Å². The van der Waals surface area contributed by atoms with E-state index in [1.54, 1.807) is 0 Å². The predicted molar refractivity (Wildman–Crippen MR) is 66.3 cm³/mol. The van der Waals surface area contributed by atoms with Crippen molar-refractivity contribution in [3.05, 3.63) is 0 Å². The van der Waals surface area contributed by atoms with Crippen LogP contribution in [0.4, 0.5) is 0 Å². The highest BCUT2D eigenvalue weighted by Gasteiger charge is 2.27. The van der Waals surface area contributed by atoms with Crippen molar-refractivity contribution < 1.29 is 39.3 Å². The van der Waals surface area contributed by atoms with Crippen molar-refractivity contribution in [2.24, 2.45) is 0 Å². The summed E-state index contributed by atoms with van der Waals surface area (Å²) in [4.78, 5) is 54.6. The van der Waals surface area contributed by atoms with E-state index in [0.29, 0.717) is 0 Å². The summed E-state index contributed by atoms with van der Waals surface area (Å²) in [6, 6.07) is -2.93. The quantitative estimate of drug-likeness (QED) is 0.339. The Labute approximate surface area is 119 Å². The zero-order valence-electron chi connectivity index (χ0n) is 11.2. The second-order valence-corrected chi connectivity index (χ2v) is 4.18. The van der Waals surface area contributed by atoms with Crippen LogP contribution < -0.4 is 10.6 Å². The highest BCUT2D eigenvalue weighted by atomic mass is 16.4. The van der Waals surface area contributed by atoms with Crippen molar-refractivity contribution in [1.29, 1.82) is 0 Å². The first-order chi connectivity index (χ1) is 9.63. The van der Waals surface area contributed by atoms with Gasteiger partial charge in [0.05, 0.1) is 6.42 Å². The minimum absolute atomic E-state index is 0.365. The number of hydrogen-bond acceptors (Lipinski definition) is 5. The summed E-state index contributed by atoms with van der Waals surface area (Å²) in [7, 11) is 0. The van der Waals surface area contributed by atoms with Crippen LogP contribution in [0.25, 0.3) is 0 Å². The minimum Gasteiger partial charge on any atom is -0.481 e. The number of nitrogens with one attached hydrogen (secondary N) is 2. The molecule has 0 saturated carbocycles. The number of amides is 2. The Morgan fingerprint density at radius 2 is 1.62 bits per heavy atom. The SMILES string of the molecule is CC(=O)N[14C@@H](CC(=O)O)C(=O)N[C@@H](CCC(=O)O)C(=O)O. The Hall–Kier alpha value is -2.65. The van der Waals surface area contributed by atoms with Crippen LogP contribution in [0.3, 0.4) is 0 Å². The molecule has 0 fully saturated rings. The molecular formula is C11H16N2O8. The molecule has 10 nitrogen and oxygen atoms in total. The topological polar surface area (TPSA) is 170 Å². The maximum atomic E-state index is 11.8. The zero-order chi connectivity index (χ0) is 16.6. The molecule has 0 aliphatic rings. The number of carboxylic acid groups (broad SMARTS) is 3. The third-order valence-corrected chi connectivity index (χ3v) is 2.33. The average Bonchev–Trinajstić information content (AvgIpc) is 2.31. The molecule has 0 bridgehead atoms. The van der Waals surface area contributed by atoms with E-state index in [0.717, 1.165) is 6.92 Å². The van der Waals surface area contributed by atoms with E-state index in [1.807, 2.05) is 5.32 Å². The highest BCUT2D eigenvalue weighted by molar-refractivity contribution is 5.92. The van der Waals surface area contributed by atoms with E-state index >= 15 is 0 Å². The number of carbonyl (C=O) groups excluding carboxylic acids is 2. The maximum absolute atomic E-state index is 11.8. The molecule has 2 amide bonds. The molecule has 0 radical (unpaired) electrons. The fourth-order valence-electron chi connectivity index (χ4n) is 1.43. The molecular weight excluding hydrogens is 290 g/mol. The summed E-state index contributed by atoms with van der Waals surface area (Å²) < 4.78 is 0. The first-order valence-electron chi connectivity index (χ1n) is 5.87. The van der Waals surface area contributed by atoms with Gasteiger partial charge in [-0.15, -0.1) is 0 Å². The van der Waals surface area contributed by atoms with E-state index in [9.17, 15) is 24.0 Å². The average molecular weight is 306 g/mol. The lowest BCUT2D eigenvalue weighted by Crippen LogP contribution is -2.52. The number of aliphatic carboxylic acids is 3. The van der Waals surface area contributed by atoms with Gasteiger partial charge in [-0.25, -0.2) is 4.79 Å². The first-order valence-corrected chi connectivity index (χ1v) is 5.87. The Balaban J connectivity index is 4.80. The van der Waals surface area contributed by atoms with Crippen LogP contribution in [0.5, 0.6) is 0 Å². The van der Waals surface area contributed by atoms with Gasteiger partial charge in [-0.3, -0.25) is 19.2 Å². The van der Waals surface area contributed by atoms with Gasteiger partial charge in [-0.05, 0) is 6.42 Å². The Morgan fingerprint density at radius 1 is 1.05 bits per heavy atom. The van der Waals surface area contributed by atoms with Gasteiger partial charge in [-0.1, -0.05) is 0 Å². The lowest BCUT2D eigenvalue weighted by Gasteiger charge is -2.19. The van der Waals surface area contributed by atoms with Gasteiger partial charge in [0, 0.05) is 13.3 Å². The predicted octanol–water partition coefficient (Wildman–Crippen LogP) is -1.60. The second kappa shape index (κ2) is 8.51. The van der Waals surface area contributed by atoms with Gasteiger partial charge in [0.1, 0.15) is 12.1 Å². The molecule has 10 heteroatoms. The molecule has 0 spiro atoms. The summed E-state index contributed by atoms with van der Waals surface area (Å²) >= 11 is 0. The molecule has 0 unspecified atom stereocenters. The summed E-state index contributed by atoms with van der Waals surface area (Å²) in [5.41, 5.74) is 0. The van der Waals surface area contributed by atoms with E-state index in [-0.39, 0.29) is 6.42 Å². The van der Waals surface area contributed by atoms with Crippen LogP contribution in [0, 0.1) is 0 Å². The lowest BCUT2D eigenvalue weighted by atomic mass is 10.1. The number of hydrogen-bond donors (Lipinski definition) is 5. The van der Waals surface area contributed by atoms with Gasteiger partial charge in [0.15, 0.2) is 0 Å². The van der Waals surface area contributed by atoms with E-state index in [1.165, 1.54) is 0 Å². The van der Waals surface area contributed by atoms with Crippen LogP contribution in [0.1, 0.15) is 26.2 Å². The number of rotatable bonds is 9. The third kappa shape index (κ3) is 8.18. The Kier molecular flexibility index (Phi) is 7.43. The van der Waals surface area contributed by atoms with Crippen LogP contribution in [0.15, 0.2) is 0 Å². The molecule has 0 aliphatic carbocycles. The molecule has 2 atom stereocenters. The first kappa shape index (κ1) is 18.4. The summed E-state index contributed by atoms with van der Waals surface area (Å²) in [6.45, 7) is 1.07.